The van der Waals surface area contributed by atoms with Crippen LogP contribution >= 0.6 is 23.4 Å². The topological polar surface area (TPSA) is 25.2 Å². The van der Waals surface area contributed by atoms with Gasteiger partial charge in [-0.25, -0.2) is 0 Å². The molecule has 0 aliphatic heterocycles. The number of halogens is 1. The second kappa shape index (κ2) is 10.2. The number of carbonyl (C=O) groups excluding carboxylic acids is 1. The van der Waals surface area contributed by atoms with E-state index >= 15 is 0 Å². The van der Waals surface area contributed by atoms with Gasteiger partial charge in [-0.1, -0.05) is 48.0 Å². The number of hydrogen-bond donors (Lipinski definition) is 0. The third-order valence-corrected chi connectivity index (χ3v) is 5.56. The van der Waals surface area contributed by atoms with Crippen LogP contribution < -0.4 is 0 Å². The molecule has 3 rings (SSSR count). The highest BCUT2D eigenvalue weighted by atomic mass is 35.5. The molecule has 144 valence electrons. The maximum atomic E-state index is 12.8. The first-order chi connectivity index (χ1) is 13.7. The zero-order valence-electron chi connectivity index (χ0n) is 15.6. The molecule has 3 aromatic rings. The number of carbonyl (C=O) groups is 1. The minimum atomic E-state index is 0.101. The zero-order valence-corrected chi connectivity index (χ0v) is 17.2. The molecule has 0 fully saturated rings. The number of amides is 1. The Morgan fingerprint density at radius 2 is 1.93 bits per heavy atom. The van der Waals surface area contributed by atoms with E-state index in [0.717, 1.165) is 27.7 Å². The average Bonchev–Trinajstić information content (AvgIpc) is 3.13. The maximum absolute atomic E-state index is 12.8. The van der Waals surface area contributed by atoms with Gasteiger partial charge in [-0.05, 0) is 42.0 Å². The van der Waals surface area contributed by atoms with E-state index < -0.39 is 0 Å². The molecule has 0 unspecified atom stereocenters. The van der Waals surface area contributed by atoms with Crippen molar-refractivity contribution in [1.82, 2.24) is 9.47 Å². The standard InChI is InChI=1S/C23H23ClN2OS/c1-2-13-26(23(27)18-28-22-11-4-3-5-12-22)17-21-10-7-14-25(21)16-19-8-6-9-20(24)15-19/h2-12,14-15H,1,13,16-18H2. The first-order valence-electron chi connectivity index (χ1n) is 9.10. The fraction of sp³-hybridized carbons (Fsp3) is 0.174. The lowest BCUT2D eigenvalue weighted by Crippen LogP contribution is -2.33. The van der Waals surface area contributed by atoms with Gasteiger partial charge in [-0.2, -0.15) is 0 Å². The summed E-state index contributed by atoms with van der Waals surface area (Å²) in [6.07, 6.45) is 3.81. The van der Waals surface area contributed by atoms with Crippen molar-refractivity contribution < 1.29 is 4.79 Å². The summed E-state index contributed by atoms with van der Waals surface area (Å²) in [5, 5.41) is 0.729. The first kappa shape index (κ1) is 20.3. The van der Waals surface area contributed by atoms with Gasteiger partial charge in [-0.15, -0.1) is 18.3 Å². The predicted octanol–water partition coefficient (Wildman–Crippen LogP) is 5.50. The molecule has 0 bridgehead atoms. The van der Waals surface area contributed by atoms with E-state index in [0.29, 0.717) is 18.8 Å². The van der Waals surface area contributed by atoms with Gasteiger partial charge in [0.25, 0.3) is 0 Å². The summed E-state index contributed by atoms with van der Waals surface area (Å²) >= 11 is 7.66. The SMILES string of the molecule is C=CCN(Cc1cccn1Cc1cccc(Cl)c1)C(=O)CSc1ccccc1. The van der Waals surface area contributed by atoms with Crippen molar-refractivity contribution in [3.05, 3.63) is 102 Å². The summed E-state index contributed by atoms with van der Waals surface area (Å²) in [4.78, 5) is 15.7. The molecule has 0 aliphatic carbocycles. The molecular weight excluding hydrogens is 388 g/mol. The molecule has 1 amide bonds. The van der Waals surface area contributed by atoms with Crippen LogP contribution in [0, 0.1) is 0 Å². The highest BCUT2D eigenvalue weighted by Gasteiger charge is 2.15. The Balaban J connectivity index is 1.66. The summed E-state index contributed by atoms with van der Waals surface area (Å²) < 4.78 is 2.15. The van der Waals surface area contributed by atoms with Crippen LogP contribution in [0.15, 0.2) is 90.5 Å². The van der Waals surface area contributed by atoms with E-state index in [2.05, 4.69) is 23.3 Å². The number of hydrogen-bond acceptors (Lipinski definition) is 2. The largest absolute Gasteiger partial charge is 0.345 e. The van der Waals surface area contributed by atoms with E-state index in [1.165, 1.54) is 0 Å². The summed E-state index contributed by atoms with van der Waals surface area (Å²) in [5.74, 6) is 0.511. The maximum Gasteiger partial charge on any atom is 0.233 e. The van der Waals surface area contributed by atoms with Crippen molar-refractivity contribution in [2.24, 2.45) is 0 Å². The highest BCUT2D eigenvalue weighted by Crippen LogP contribution is 2.19. The summed E-state index contributed by atoms with van der Waals surface area (Å²) in [6.45, 7) is 5.60. The normalized spacial score (nSPS) is 10.6. The van der Waals surface area contributed by atoms with Crippen molar-refractivity contribution in [3.8, 4) is 0 Å². The first-order valence-corrected chi connectivity index (χ1v) is 10.5. The summed E-state index contributed by atoms with van der Waals surface area (Å²) in [6, 6.07) is 21.9. The van der Waals surface area contributed by atoms with Crippen LogP contribution in [0.25, 0.3) is 0 Å². The molecule has 28 heavy (non-hydrogen) atoms. The number of aromatic nitrogens is 1. The molecule has 0 N–H and O–H groups in total. The van der Waals surface area contributed by atoms with Gasteiger partial charge in [-0.3, -0.25) is 4.79 Å². The van der Waals surface area contributed by atoms with Crippen LogP contribution in [0.1, 0.15) is 11.3 Å². The van der Waals surface area contributed by atoms with E-state index in [1.807, 2.05) is 65.7 Å². The van der Waals surface area contributed by atoms with E-state index in [1.54, 1.807) is 17.8 Å². The minimum absolute atomic E-state index is 0.101. The summed E-state index contributed by atoms with van der Waals surface area (Å²) in [5.41, 5.74) is 2.21. The van der Waals surface area contributed by atoms with Crippen LogP contribution in [0.4, 0.5) is 0 Å². The molecule has 1 heterocycles. The lowest BCUT2D eigenvalue weighted by atomic mass is 10.2. The van der Waals surface area contributed by atoms with Crippen LogP contribution in [0.2, 0.25) is 5.02 Å². The molecule has 2 aromatic carbocycles. The van der Waals surface area contributed by atoms with Gasteiger partial charge in [0.05, 0.1) is 12.3 Å². The Morgan fingerprint density at radius 3 is 2.68 bits per heavy atom. The third kappa shape index (κ3) is 5.78. The second-order valence-electron chi connectivity index (χ2n) is 6.42. The molecule has 3 nitrogen and oxygen atoms in total. The van der Waals surface area contributed by atoms with Crippen LogP contribution in [-0.4, -0.2) is 27.7 Å². The van der Waals surface area contributed by atoms with Crippen molar-refractivity contribution in [1.29, 1.82) is 0 Å². The molecule has 0 radical (unpaired) electrons. The smallest absolute Gasteiger partial charge is 0.233 e. The Morgan fingerprint density at radius 1 is 1.11 bits per heavy atom. The quantitative estimate of drug-likeness (QED) is 0.344. The van der Waals surface area contributed by atoms with Gasteiger partial charge in [0.15, 0.2) is 0 Å². The van der Waals surface area contributed by atoms with Crippen LogP contribution in [-0.2, 0) is 17.9 Å². The van der Waals surface area contributed by atoms with E-state index in [4.69, 9.17) is 11.6 Å². The average molecular weight is 411 g/mol. The number of thioether (sulfide) groups is 1. The third-order valence-electron chi connectivity index (χ3n) is 4.33. The zero-order chi connectivity index (χ0) is 19.8. The number of nitrogens with zero attached hydrogens (tertiary/aromatic N) is 2. The second-order valence-corrected chi connectivity index (χ2v) is 7.91. The van der Waals surface area contributed by atoms with Crippen LogP contribution in [0.3, 0.4) is 0 Å². The van der Waals surface area contributed by atoms with E-state index in [-0.39, 0.29) is 5.91 Å². The molecular formula is C23H23ClN2OS. The van der Waals surface area contributed by atoms with Gasteiger partial charge in [0.2, 0.25) is 5.91 Å². The predicted molar refractivity (Wildman–Crippen MR) is 118 cm³/mol. The van der Waals surface area contributed by atoms with Gasteiger partial charge < -0.3 is 9.47 Å². The Labute approximate surface area is 175 Å². The molecule has 0 saturated heterocycles. The summed E-state index contributed by atoms with van der Waals surface area (Å²) in [7, 11) is 0. The van der Waals surface area contributed by atoms with Crippen LogP contribution in [0.5, 0.6) is 0 Å². The van der Waals surface area contributed by atoms with Crippen molar-refractivity contribution >= 4 is 29.3 Å². The molecule has 0 saturated carbocycles. The van der Waals surface area contributed by atoms with E-state index in [9.17, 15) is 4.79 Å². The monoisotopic (exact) mass is 410 g/mol. The highest BCUT2D eigenvalue weighted by molar-refractivity contribution is 8.00. The van der Waals surface area contributed by atoms with Crippen molar-refractivity contribution in [2.75, 3.05) is 12.3 Å². The Hall–Kier alpha value is -2.43. The Kier molecular flexibility index (Phi) is 7.40. The molecule has 0 spiro atoms. The Bertz CT molecular complexity index is 923. The van der Waals surface area contributed by atoms with Gasteiger partial charge >= 0.3 is 0 Å². The lowest BCUT2D eigenvalue weighted by Gasteiger charge is -2.22. The van der Waals surface area contributed by atoms with Crippen molar-refractivity contribution in [3.63, 3.8) is 0 Å². The molecule has 0 aliphatic rings. The molecule has 0 atom stereocenters. The number of rotatable bonds is 9. The van der Waals surface area contributed by atoms with Gasteiger partial charge in [0.1, 0.15) is 0 Å². The molecule has 1 aromatic heterocycles. The molecule has 5 heteroatoms. The number of benzene rings is 2. The fourth-order valence-electron chi connectivity index (χ4n) is 2.94. The fourth-order valence-corrected chi connectivity index (χ4v) is 3.97. The minimum Gasteiger partial charge on any atom is -0.345 e. The van der Waals surface area contributed by atoms with Crippen molar-refractivity contribution in [2.45, 2.75) is 18.0 Å². The van der Waals surface area contributed by atoms with Gasteiger partial charge in [0, 0.05) is 34.9 Å². The lowest BCUT2D eigenvalue weighted by molar-refractivity contribution is -0.128.